The molecule has 5 heteroatoms. The van der Waals surface area contributed by atoms with Gasteiger partial charge in [-0.05, 0) is 24.3 Å². The summed E-state index contributed by atoms with van der Waals surface area (Å²) in [5.41, 5.74) is 6.69. The number of phenolic OH excluding ortho intramolecular Hbond substituents is 1. The van der Waals surface area contributed by atoms with Gasteiger partial charge in [0.05, 0.1) is 5.70 Å². The molecule has 0 spiro atoms. The third kappa shape index (κ3) is 1.75. The number of aliphatic hydroxyl groups excluding tert-OH is 1. The van der Waals surface area contributed by atoms with E-state index in [9.17, 15) is 5.11 Å². The smallest absolute Gasteiger partial charge is 0.142 e. The number of phenols is 1. The first-order valence-electron chi connectivity index (χ1n) is 4.07. The molecule has 2 rings (SSSR count). The molecule has 0 saturated carbocycles. The Hall–Kier alpha value is -1.04. The average Bonchev–Trinajstić information content (AvgIpc) is 2.51. The van der Waals surface area contributed by atoms with Crippen molar-refractivity contribution in [3.05, 3.63) is 34.3 Å². The van der Waals surface area contributed by atoms with Crippen molar-refractivity contribution in [2.24, 2.45) is 0 Å². The maximum absolute atomic E-state index is 9.62. The van der Waals surface area contributed by atoms with Gasteiger partial charge in [0.1, 0.15) is 12.0 Å². The topological polar surface area (TPSA) is 64.5 Å². The van der Waals surface area contributed by atoms with Gasteiger partial charge >= 0.3 is 0 Å². The average molecular weight is 257 g/mol. The highest BCUT2D eigenvalue weighted by Gasteiger charge is 2.15. The standard InChI is InChI=1S/C9H9BrN2O2/c10-5-1-2-6(8(13)3-5)7-4-9(14)12-11-7/h1-4,9,11-14H. The van der Waals surface area contributed by atoms with E-state index in [1.807, 2.05) is 6.07 Å². The summed E-state index contributed by atoms with van der Waals surface area (Å²) in [6.07, 6.45) is 0.871. The highest BCUT2D eigenvalue weighted by molar-refractivity contribution is 9.10. The van der Waals surface area contributed by atoms with E-state index < -0.39 is 6.23 Å². The molecular formula is C9H9BrN2O2. The fourth-order valence-corrected chi connectivity index (χ4v) is 1.63. The first-order valence-corrected chi connectivity index (χ1v) is 4.86. The molecule has 1 aliphatic rings. The van der Waals surface area contributed by atoms with Crippen molar-refractivity contribution in [1.82, 2.24) is 10.9 Å². The lowest BCUT2D eigenvalue weighted by molar-refractivity contribution is 0.186. The van der Waals surface area contributed by atoms with E-state index in [1.54, 1.807) is 18.2 Å². The molecular weight excluding hydrogens is 248 g/mol. The molecule has 0 radical (unpaired) electrons. The second-order valence-electron chi connectivity index (χ2n) is 2.96. The molecule has 4 nitrogen and oxygen atoms in total. The fourth-order valence-electron chi connectivity index (χ4n) is 1.28. The van der Waals surface area contributed by atoms with Crippen LogP contribution in [0.3, 0.4) is 0 Å². The highest BCUT2D eigenvalue weighted by Crippen LogP contribution is 2.27. The molecule has 0 bridgehead atoms. The Morgan fingerprint density at radius 2 is 2.14 bits per heavy atom. The molecule has 1 unspecified atom stereocenters. The summed E-state index contributed by atoms with van der Waals surface area (Å²) in [5.74, 6) is 0.161. The van der Waals surface area contributed by atoms with Gasteiger partial charge in [-0.25, -0.2) is 5.43 Å². The van der Waals surface area contributed by atoms with Gasteiger partial charge in [-0.1, -0.05) is 15.9 Å². The van der Waals surface area contributed by atoms with Gasteiger partial charge in [0.2, 0.25) is 0 Å². The minimum atomic E-state index is -0.715. The Morgan fingerprint density at radius 3 is 2.71 bits per heavy atom. The van der Waals surface area contributed by atoms with Crippen LogP contribution in [0.1, 0.15) is 5.56 Å². The number of benzene rings is 1. The van der Waals surface area contributed by atoms with Crippen molar-refractivity contribution in [3.63, 3.8) is 0 Å². The molecule has 0 aromatic heterocycles. The zero-order valence-corrected chi connectivity index (χ0v) is 8.75. The summed E-state index contributed by atoms with van der Waals surface area (Å²) in [6.45, 7) is 0. The van der Waals surface area contributed by atoms with Crippen LogP contribution in [0.2, 0.25) is 0 Å². The van der Waals surface area contributed by atoms with Crippen LogP contribution in [0.5, 0.6) is 5.75 Å². The van der Waals surface area contributed by atoms with E-state index in [0.717, 1.165) is 4.47 Å². The number of halogens is 1. The number of hydrogen-bond donors (Lipinski definition) is 4. The summed E-state index contributed by atoms with van der Waals surface area (Å²) in [6, 6.07) is 5.18. The first-order chi connectivity index (χ1) is 6.66. The minimum Gasteiger partial charge on any atom is -0.507 e. The summed E-state index contributed by atoms with van der Waals surface area (Å²) < 4.78 is 0.811. The Morgan fingerprint density at radius 1 is 1.36 bits per heavy atom. The van der Waals surface area contributed by atoms with Crippen LogP contribution >= 0.6 is 15.9 Å². The Labute approximate surface area is 89.4 Å². The zero-order valence-electron chi connectivity index (χ0n) is 7.16. The number of rotatable bonds is 1. The number of hydrazine groups is 1. The SMILES string of the molecule is Oc1cc(Br)ccc1C1=CC(O)NN1. The predicted octanol–water partition coefficient (Wildman–Crippen LogP) is 0.922. The van der Waals surface area contributed by atoms with Gasteiger partial charge < -0.3 is 15.6 Å². The van der Waals surface area contributed by atoms with Gasteiger partial charge in [0.15, 0.2) is 0 Å². The quantitative estimate of drug-likeness (QED) is 0.604. The highest BCUT2D eigenvalue weighted by atomic mass is 79.9. The Balaban J connectivity index is 2.37. The lowest BCUT2D eigenvalue weighted by Crippen LogP contribution is -2.30. The van der Waals surface area contributed by atoms with E-state index in [1.165, 1.54) is 0 Å². The van der Waals surface area contributed by atoms with Gasteiger partial charge in [-0.15, -0.1) is 0 Å². The molecule has 0 saturated heterocycles. The number of hydrogen-bond acceptors (Lipinski definition) is 4. The van der Waals surface area contributed by atoms with Crippen LogP contribution in [0.15, 0.2) is 28.7 Å². The molecule has 1 atom stereocenters. The first kappa shape index (κ1) is 9.51. The van der Waals surface area contributed by atoms with Crippen molar-refractivity contribution in [2.45, 2.75) is 6.23 Å². The molecule has 74 valence electrons. The molecule has 0 aliphatic carbocycles. The van der Waals surface area contributed by atoms with E-state index in [-0.39, 0.29) is 5.75 Å². The summed E-state index contributed by atoms with van der Waals surface area (Å²) in [7, 11) is 0. The van der Waals surface area contributed by atoms with E-state index in [2.05, 4.69) is 26.8 Å². The maximum Gasteiger partial charge on any atom is 0.142 e. The van der Waals surface area contributed by atoms with Crippen LogP contribution < -0.4 is 10.9 Å². The lowest BCUT2D eigenvalue weighted by Gasteiger charge is -2.06. The number of aliphatic hydroxyl groups is 1. The van der Waals surface area contributed by atoms with Crippen molar-refractivity contribution in [3.8, 4) is 5.75 Å². The summed E-state index contributed by atoms with van der Waals surface area (Å²) in [4.78, 5) is 0. The van der Waals surface area contributed by atoms with Crippen molar-refractivity contribution < 1.29 is 10.2 Å². The van der Waals surface area contributed by atoms with E-state index in [0.29, 0.717) is 11.3 Å². The molecule has 0 amide bonds. The van der Waals surface area contributed by atoms with Gasteiger partial charge in [-0.3, -0.25) is 0 Å². The van der Waals surface area contributed by atoms with Gasteiger partial charge in [0.25, 0.3) is 0 Å². The predicted molar refractivity (Wildman–Crippen MR) is 56.1 cm³/mol. The van der Waals surface area contributed by atoms with Crippen molar-refractivity contribution in [1.29, 1.82) is 0 Å². The van der Waals surface area contributed by atoms with Crippen molar-refractivity contribution >= 4 is 21.6 Å². The van der Waals surface area contributed by atoms with E-state index >= 15 is 0 Å². The third-order valence-corrected chi connectivity index (χ3v) is 2.42. The van der Waals surface area contributed by atoms with Crippen LogP contribution in [-0.4, -0.2) is 16.4 Å². The van der Waals surface area contributed by atoms with Crippen molar-refractivity contribution in [2.75, 3.05) is 0 Å². The Bertz CT molecular complexity index is 392. The molecule has 14 heavy (non-hydrogen) atoms. The van der Waals surface area contributed by atoms with Crippen LogP contribution in [0.4, 0.5) is 0 Å². The molecule has 1 aliphatic heterocycles. The maximum atomic E-state index is 9.62. The third-order valence-electron chi connectivity index (χ3n) is 1.93. The zero-order chi connectivity index (χ0) is 10.1. The summed E-state index contributed by atoms with van der Waals surface area (Å²) >= 11 is 3.25. The molecule has 1 heterocycles. The van der Waals surface area contributed by atoms with Crippen LogP contribution in [0.25, 0.3) is 5.70 Å². The minimum absolute atomic E-state index is 0.161. The second-order valence-corrected chi connectivity index (χ2v) is 3.87. The molecule has 1 aromatic carbocycles. The second kappa shape index (κ2) is 3.61. The Kier molecular flexibility index (Phi) is 2.45. The fraction of sp³-hybridized carbons (Fsp3) is 0.111. The molecule has 0 fully saturated rings. The number of nitrogens with one attached hydrogen (secondary N) is 2. The van der Waals surface area contributed by atoms with Crippen LogP contribution in [-0.2, 0) is 0 Å². The lowest BCUT2D eigenvalue weighted by atomic mass is 10.1. The van der Waals surface area contributed by atoms with Crippen LogP contribution in [0, 0.1) is 0 Å². The summed E-state index contributed by atoms with van der Waals surface area (Å²) in [5, 5.41) is 18.8. The van der Waals surface area contributed by atoms with Gasteiger partial charge in [0, 0.05) is 10.0 Å². The molecule has 4 N–H and O–H groups in total. The number of aromatic hydroxyl groups is 1. The monoisotopic (exact) mass is 256 g/mol. The normalized spacial score (nSPS) is 20.4. The largest absolute Gasteiger partial charge is 0.507 e. The molecule has 1 aromatic rings. The van der Waals surface area contributed by atoms with E-state index in [4.69, 9.17) is 5.11 Å². The van der Waals surface area contributed by atoms with Gasteiger partial charge in [-0.2, -0.15) is 0 Å².